The smallest absolute Gasteiger partial charge is 0.250 e. The predicted octanol–water partition coefficient (Wildman–Crippen LogP) is -0.114. The van der Waals surface area contributed by atoms with Gasteiger partial charge >= 0.3 is 0 Å². The number of nitrogens with zero attached hydrogens (tertiary/aromatic N) is 4. The van der Waals surface area contributed by atoms with Crippen molar-refractivity contribution in [3.63, 3.8) is 0 Å². The minimum atomic E-state index is -3.35. The van der Waals surface area contributed by atoms with E-state index in [-0.39, 0.29) is 11.7 Å². The largest absolute Gasteiger partial charge is 0.259 e. The zero-order valence-corrected chi connectivity index (χ0v) is 8.77. The van der Waals surface area contributed by atoms with Gasteiger partial charge in [0.15, 0.2) is 5.65 Å². The van der Waals surface area contributed by atoms with E-state index in [1.807, 2.05) is 0 Å². The second kappa shape index (κ2) is 3.46. The lowest BCUT2D eigenvalue weighted by Crippen LogP contribution is -2.17. The van der Waals surface area contributed by atoms with Crippen molar-refractivity contribution in [1.82, 2.24) is 19.8 Å². The molecule has 2 heterocycles. The Morgan fingerprint density at radius 3 is 3.00 bits per heavy atom. The van der Waals surface area contributed by atoms with E-state index >= 15 is 0 Å². The number of fused-ring (bicyclic) bond motifs is 1. The first-order valence-electron chi connectivity index (χ1n) is 4.29. The predicted molar refractivity (Wildman–Crippen MR) is 53.9 cm³/mol. The standard InChI is InChI=1S/C7H9N5O2S/c1-2-15(13,14)11-7-10-9-6-4-3-5-8-12(6)7/h3-5H,2H2,1H3,(H,10,11). The molecule has 0 saturated heterocycles. The lowest BCUT2D eigenvalue weighted by molar-refractivity contribution is 0.601. The van der Waals surface area contributed by atoms with Crippen molar-refractivity contribution in [2.75, 3.05) is 10.5 Å². The van der Waals surface area contributed by atoms with Crippen molar-refractivity contribution >= 4 is 21.6 Å². The van der Waals surface area contributed by atoms with Crippen LogP contribution in [-0.4, -0.2) is 34.0 Å². The minimum Gasteiger partial charge on any atom is -0.250 e. The Morgan fingerprint density at radius 2 is 2.27 bits per heavy atom. The number of anilines is 1. The molecule has 0 aromatic carbocycles. The summed E-state index contributed by atoms with van der Waals surface area (Å²) in [6.07, 6.45) is 1.53. The molecule has 0 aliphatic carbocycles. The highest BCUT2D eigenvalue weighted by Crippen LogP contribution is 2.06. The van der Waals surface area contributed by atoms with Gasteiger partial charge in [0, 0.05) is 6.20 Å². The van der Waals surface area contributed by atoms with Gasteiger partial charge in [0.25, 0.3) is 5.95 Å². The summed E-state index contributed by atoms with van der Waals surface area (Å²) in [5.74, 6) is 0.0850. The van der Waals surface area contributed by atoms with Crippen LogP contribution in [0, 0.1) is 0 Å². The molecule has 2 aromatic heterocycles. The normalized spacial score (nSPS) is 11.8. The van der Waals surface area contributed by atoms with Gasteiger partial charge < -0.3 is 0 Å². The molecule has 0 saturated carbocycles. The highest BCUT2D eigenvalue weighted by Gasteiger charge is 2.12. The molecule has 0 radical (unpaired) electrons. The maximum absolute atomic E-state index is 11.3. The molecule has 1 N–H and O–H groups in total. The number of aromatic nitrogens is 4. The van der Waals surface area contributed by atoms with Crippen LogP contribution in [0.2, 0.25) is 0 Å². The molecule has 0 aliphatic heterocycles. The molecule has 0 unspecified atom stereocenters. The topological polar surface area (TPSA) is 89.2 Å². The monoisotopic (exact) mass is 227 g/mol. The van der Waals surface area contributed by atoms with Crippen LogP contribution >= 0.6 is 0 Å². The van der Waals surface area contributed by atoms with Crippen LogP contribution in [0.4, 0.5) is 5.95 Å². The van der Waals surface area contributed by atoms with Gasteiger partial charge in [0.05, 0.1) is 5.75 Å². The van der Waals surface area contributed by atoms with E-state index in [4.69, 9.17) is 0 Å². The fraction of sp³-hybridized carbons (Fsp3) is 0.286. The molecule has 80 valence electrons. The van der Waals surface area contributed by atoms with Gasteiger partial charge in [-0.25, -0.2) is 13.1 Å². The average molecular weight is 227 g/mol. The first-order chi connectivity index (χ1) is 7.12. The van der Waals surface area contributed by atoms with Crippen LogP contribution in [0.15, 0.2) is 18.3 Å². The van der Waals surface area contributed by atoms with Gasteiger partial charge in [-0.05, 0) is 19.1 Å². The van der Waals surface area contributed by atoms with Crippen LogP contribution in [0.1, 0.15) is 6.92 Å². The van der Waals surface area contributed by atoms with Gasteiger partial charge in [-0.3, -0.25) is 0 Å². The molecule has 0 atom stereocenters. The van der Waals surface area contributed by atoms with Gasteiger partial charge in [-0.2, -0.15) is 9.61 Å². The summed E-state index contributed by atoms with van der Waals surface area (Å²) in [6.45, 7) is 1.54. The molecule has 0 bridgehead atoms. The van der Waals surface area contributed by atoms with Gasteiger partial charge in [0.1, 0.15) is 0 Å². The molecule has 8 heteroatoms. The minimum absolute atomic E-state index is 0.0191. The Hall–Kier alpha value is -1.70. The van der Waals surface area contributed by atoms with Gasteiger partial charge in [0.2, 0.25) is 10.0 Å². The lowest BCUT2D eigenvalue weighted by Gasteiger charge is -2.01. The van der Waals surface area contributed by atoms with Crippen molar-refractivity contribution in [1.29, 1.82) is 0 Å². The zero-order valence-electron chi connectivity index (χ0n) is 7.95. The van der Waals surface area contributed by atoms with E-state index < -0.39 is 10.0 Å². The van der Waals surface area contributed by atoms with Crippen molar-refractivity contribution in [3.8, 4) is 0 Å². The van der Waals surface area contributed by atoms with Crippen LogP contribution < -0.4 is 4.72 Å². The first-order valence-corrected chi connectivity index (χ1v) is 5.94. The van der Waals surface area contributed by atoms with Crippen LogP contribution in [0.25, 0.3) is 5.65 Å². The van der Waals surface area contributed by atoms with E-state index in [1.54, 1.807) is 19.1 Å². The summed E-state index contributed by atoms with van der Waals surface area (Å²) < 4.78 is 26.2. The van der Waals surface area contributed by atoms with E-state index in [0.717, 1.165) is 0 Å². The maximum Gasteiger partial charge on any atom is 0.259 e. The molecule has 0 fully saturated rings. The van der Waals surface area contributed by atoms with Crippen LogP contribution in [0.3, 0.4) is 0 Å². The van der Waals surface area contributed by atoms with Gasteiger partial charge in [-0.1, -0.05) is 0 Å². The van der Waals surface area contributed by atoms with Crippen molar-refractivity contribution in [3.05, 3.63) is 18.3 Å². The highest BCUT2D eigenvalue weighted by atomic mass is 32.2. The quantitative estimate of drug-likeness (QED) is 0.790. The van der Waals surface area contributed by atoms with Crippen molar-refractivity contribution in [2.45, 2.75) is 6.92 Å². The van der Waals surface area contributed by atoms with Gasteiger partial charge in [-0.15, -0.1) is 10.2 Å². The summed E-state index contributed by atoms with van der Waals surface area (Å²) in [5.41, 5.74) is 0.492. The fourth-order valence-corrected chi connectivity index (χ4v) is 1.57. The third kappa shape index (κ3) is 1.89. The number of sulfonamides is 1. The van der Waals surface area contributed by atoms with E-state index in [9.17, 15) is 8.42 Å². The number of hydrogen-bond donors (Lipinski definition) is 1. The molecule has 15 heavy (non-hydrogen) atoms. The Morgan fingerprint density at radius 1 is 1.47 bits per heavy atom. The van der Waals surface area contributed by atoms with E-state index in [0.29, 0.717) is 5.65 Å². The third-order valence-corrected chi connectivity index (χ3v) is 3.06. The van der Waals surface area contributed by atoms with Crippen molar-refractivity contribution < 1.29 is 8.42 Å². The molecule has 0 aliphatic rings. The molecule has 0 spiro atoms. The maximum atomic E-state index is 11.3. The number of rotatable bonds is 3. The molecular weight excluding hydrogens is 218 g/mol. The summed E-state index contributed by atoms with van der Waals surface area (Å²) in [4.78, 5) is 0. The molecular formula is C7H9N5O2S. The fourth-order valence-electron chi connectivity index (χ4n) is 1.02. The lowest BCUT2D eigenvalue weighted by atomic mass is 10.6. The third-order valence-electron chi connectivity index (χ3n) is 1.81. The van der Waals surface area contributed by atoms with Crippen molar-refractivity contribution in [2.24, 2.45) is 0 Å². The zero-order chi connectivity index (χ0) is 10.9. The number of nitrogens with one attached hydrogen (secondary N) is 1. The summed E-state index contributed by atoms with van der Waals surface area (Å²) in [6, 6.07) is 3.38. The molecule has 2 rings (SSSR count). The molecule has 7 nitrogen and oxygen atoms in total. The molecule has 2 aromatic rings. The van der Waals surface area contributed by atoms with E-state index in [2.05, 4.69) is 20.0 Å². The second-order valence-corrected chi connectivity index (χ2v) is 4.83. The van der Waals surface area contributed by atoms with Crippen LogP contribution in [-0.2, 0) is 10.0 Å². The number of hydrogen-bond acceptors (Lipinski definition) is 5. The SMILES string of the molecule is CCS(=O)(=O)Nc1nnc2cccnn12. The van der Waals surface area contributed by atoms with E-state index in [1.165, 1.54) is 10.7 Å². The Balaban J connectivity index is 2.46. The Labute approximate surface area is 86.2 Å². The average Bonchev–Trinajstić information content (AvgIpc) is 2.62. The second-order valence-electron chi connectivity index (χ2n) is 2.82. The Bertz CT molecular complexity index is 576. The van der Waals surface area contributed by atoms with Crippen LogP contribution in [0.5, 0.6) is 0 Å². The summed E-state index contributed by atoms with van der Waals surface area (Å²) in [5, 5.41) is 11.4. The highest BCUT2D eigenvalue weighted by molar-refractivity contribution is 7.92. The summed E-state index contributed by atoms with van der Waals surface area (Å²) in [7, 11) is -3.35. The summed E-state index contributed by atoms with van der Waals surface area (Å²) >= 11 is 0. The Kier molecular flexibility index (Phi) is 2.27. The first kappa shape index (κ1) is 9.84. The molecule has 0 amide bonds.